The van der Waals surface area contributed by atoms with Crippen molar-refractivity contribution < 1.29 is 76.0 Å². The van der Waals surface area contributed by atoms with Gasteiger partial charge in [0.05, 0.1) is 96.3 Å². The minimum Gasteiger partial charge on any atom is -0.457 e. The van der Waals surface area contributed by atoms with Crippen LogP contribution in [0.15, 0.2) is 217 Å². The molecule has 18 nitrogen and oxygen atoms in total. The first kappa shape index (κ1) is 113. The molecule has 2 N–H and O–H groups in total. The van der Waals surface area contributed by atoms with Crippen molar-refractivity contribution in [2.24, 2.45) is 0 Å². The molecule has 1 unspecified atom stereocenters. The Morgan fingerprint density at radius 1 is 0.324 bits per heavy atom. The first-order chi connectivity index (χ1) is 68.5. The molecular weight excluding hydrogens is 1760 g/mol. The summed E-state index contributed by atoms with van der Waals surface area (Å²) in [5, 5.41) is 6.93. The minimum atomic E-state index is -1.40. The Morgan fingerprint density at radius 3 is 0.993 bits per heavy atom. The van der Waals surface area contributed by atoms with Gasteiger partial charge in [0.25, 0.3) is 0 Å². The number of thioether (sulfide) groups is 1. The maximum atomic E-state index is 15.9. The highest BCUT2D eigenvalue weighted by Crippen LogP contribution is 2.41. The van der Waals surface area contributed by atoms with Gasteiger partial charge in [-0.2, -0.15) is 0 Å². The Hall–Kier alpha value is -7.63. The van der Waals surface area contributed by atoms with Crippen LogP contribution >= 0.6 is 11.8 Å². The van der Waals surface area contributed by atoms with Gasteiger partial charge in [-0.25, -0.2) is 0 Å². The Morgan fingerprint density at radius 2 is 0.633 bits per heavy atom. The molecule has 0 aromatic heterocycles. The number of amides is 2. The van der Waals surface area contributed by atoms with Crippen LogP contribution in [-0.4, -0.2) is 122 Å². The Bertz CT molecular complexity index is 4240. The quantitative estimate of drug-likeness (QED) is 0.0269. The zero-order valence-electron chi connectivity index (χ0n) is 85.2. The van der Waals surface area contributed by atoms with E-state index in [1.807, 2.05) is 212 Å². The number of nitrogens with one attached hydrogen (secondary N) is 2. The molecule has 7 aromatic carbocycles. The van der Waals surface area contributed by atoms with Crippen LogP contribution in [0.2, 0.25) is 0 Å². The summed E-state index contributed by atoms with van der Waals surface area (Å²) < 4.78 is 85.2. The van der Waals surface area contributed by atoms with Crippen molar-refractivity contribution in [2.45, 2.75) is 465 Å². The van der Waals surface area contributed by atoms with Gasteiger partial charge in [-0.05, 0) is 65.6 Å². The highest BCUT2D eigenvalue weighted by Gasteiger charge is 2.55. The maximum absolute atomic E-state index is 15.9. The molecule has 3 aliphatic heterocycles. The monoisotopic (exact) mass is 1930 g/mol. The normalized spacial score (nSPS) is 20.0. The zero-order chi connectivity index (χ0) is 97.3. The summed E-state index contributed by atoms with van der Waals surface area (Å²) in [6.45, 7) is 9.93. The van der Waals surface area contributed by atoms with Crippen LogP contribution < -0.4 is 10.6 Å². The number of fused-ring (bicyclic) bond motifs is 1. The first-order valence-corrected chi connectivity index (χ1v) is 55.6. The second kappa shape index (κ2) is 70.9. The van der Waals surface area contributed by atoms with E-state index in [4.69, 9.17) is 56.8 Å². The van der Waals surface area contributed by atoms with Crippen molar-refractivity contribution >= 4 is 35.5 Å². The molecule has 3 aliphatic rings. The molecule has 0 aliphatic carbocycles. The lowest BCUT2D eigenvalue weighted by Crippen LogP contribution is -2.69. The summed E-state index contributed by atoms with van der Waals surface area (Å²) in [5.74, 6) is -1.76. The fourth-order valence-electron chi connectivity index (χ4n) is 19.3. The van der Waals surface area contributed by atoms with E-state index >= 15 is 19.2 Å². The largest absolute Gasteiger partial charge is 0.457 e. The molecule has 19 heteroatoms. The molecular formula is C120H174N2O16S. The van der Waals surface area contributed by atoms with Crippen molar-refractivity contribution in [2.75, 3.05) is 13.2 Å². The topological polar surface area (TPSA) is 203 Å². The van der Waals surface area contributed by atoms with E-state index in [1.165, 1.54) is 172 Å². The van der Waals surface area contributed by atoms with Crippen molar-refractivity contribution in [1.82, 2.24) is 10.6 Å². The van der Waals surface area contributed by atoms with Crippen molar-refractivity contribution in [3.63, 3.8) is 0 Å². The van der Waals surface area contributed by atoms with E-state index in [9.17, 15) is 0 Å². The summed E-state index contributed by atoms with van der Waals surface area (Å²) in [7, 11) is 0. The smallest absolute Gasteiger partial charge is 0.308 e. The van der Waals surface area contributed by atoms with Gasteiger partial charge in [-0.3, -0.25) is 19.2 Å². The van der Waals surface area contributed by atoms with Crippen molar-refractivity contribution in [3.8, 4) is 0 Å². The van der Waals surface area contributed by atoms with E-state index in [2.05, 4.69) is 38.3 Å². The average Bonchev–Trinajstić information content (AvgIpc) is 0.769. The molecule has 3 saturated heterocycles. The van der Waals surface area contributed by atoms with Crippen LogP contribution in [0.4, 0.5) is 0 Å². The summed E-state index contributed by atoms with van der Waals surface area (Å²) in [6.07, 6.45) is 37.7. The molecule has 10 rings (SSSR count). The van der Waals surface area contributed by atoms with Crippen LogP contribution in [0.25, 0.3) is 0 Å². The molecule has 2 amide bonds. The minimum absolute atomic E-state index is 0.0141. The lowest BCUT2D eigenvalue weighted by atomic mass is 9.94. The van der Waals surface area contributed by atoms with E-state index in [1.54, 1.807) is 0 Å². The molecule has 0 bridgehead atoms. The van der Waals surface area contributed by atoms with E-state index in [-0.39, 0.29) is 57.3 Å². The number of hydrogen-bond acceptors (Lipinski definition) is 17. The number of hydrogen-bond donors (Lipinski definition) is 2. The Balaban J connectivity index is 1.02. The number of benzene rings is 7. The summed E-state index contributed by atoms with van der Waals surface area (Å²) >= 11 is 1.40. The highest BCUT2D eigenvalue weighted by atomic mass is 32.2. The van der Waals surface area contributed by atoms with Gasteiger partial charge in [-0.15, -0.1) is 0 Å². The molecule has 7 aromatic rings. The molecule has 3 fully saturated rings. The Labute approximate surface area is 840 Å². The fourth-order valence-corrected chi connectivity index (χ4v) is 20.4. The summed E-state index contributed by atoms with van der Waals surface area (Å²) in [6, 6.07) is 67.4. The third-order valence-corrected chi connectivity index (χ3v) is 28.6. The number of rotatable bonds is 77. The summed E-state index contributed by atoms with van der Waals surface area (Å²) in [4.78, 5) is 64.3. The Kier molecular flexibility index (Phi) is 57.8. The number of carbonyl (C=O) groups excluding carboxylic acids is 4. The number of unbranched alkanes of at least 4 members (excludes halogenated alkanes) is 36. The lowest BCUT2D eigenvalue weighted by Gasteiger charge is -2.50. The van der Waals surface area contributed by atoms with Crippen LogP contribution in [0.5, 0.6) is 0 Å². The number of esters is 2. The molecule has 3 heterocycles. The van der Waals surface area contributed by atoms with E-state index < -0.39 is 103 Å². The SMILES string of the molecule is CCCCCCCCCCCCC[C@H](CC(=O)N[C@@H]1[C@@H](OC(=O)C[C@@H](CCCCCCCCCCC)OCc2ccccc2)[C@H](OCc2ccccc2)[C@@H](CO[C@@H]2O[C@@H]3COC(c4ccccc4)O[C@H]3[C@H](OC(=O)C[C@@H](CCCCCCCCCCC)OCc3ccccc3)[C@H]2NC(=O)C[C@@H](CCCCCCCCCCCCC)OCc2ccccc2)O[C@@H]1Sc1ccccc1)OCc1ccccc1. The van der Waals surface area contributed by atoms with Gasteiger partial charge in [0.1, 0.15) is 41.9 Å². The van der Waals surface area contributed by atoms with Gasteiger partial charge in [-0.1, -0.05) is 496 Å². The third kappa shape index (κ3) is 46.3. The number of ether oxygens (including phenoxy) is 12. The predicted molar refractivity (Wildman–Crippen MR) is 559 cm³/mol. The second-order valence-corrected chi connectivity index (χ2v) is 40.4. The van der Waals surface area contributed by atoms with Gasteiger partial charge < -0.3 is 67.5 Å². The highest BCUT2D eigenvalue weighted by molar-refractivity contribution is 7.99. The average molecular weight is 1930 g/mol. The fraction of sp³-hybridized carbons (Fsp3) is 0.617. The van der Waals surface area contributed by atoms with Gasteiger partial charge in [0.2, 0.25) is 11.8 Å². The van der Waals surface area contributed by atoms with Crippen molar-refractivity contribution in [3.05, 3.63) is 246 Å². The molecule has 15 atom stereocenters. The molecule has 0 radical (unpaired) electrons. The zero-order valence-corrected chi connectivity index (χ0v) is 86.0. The molecule has 139 heavy (non-hydrogen) atoms. The van der Waals surface area contributed by atoms with Crippen LogP contribution in [0.1, 0.15) is 376 Å². The standard InChI is InChI=1S/C120H174N2O16S/c1-5-9-13-17-21-25-27-31-35-37-60-78-101(127-88-95-66-48-41-49-67-95)84-108(123)121-112-116(136-110(125)86-103(129-90-97-70-52-43-53-71-97)80-62-39-33-29-23-19-15-11-7-3)115-107(94-132-118(138-115)100-76-58-46-59-77-100)134-119(112)133-93-106-114(131-92-99-74-56-45-57-75-99)117(137-111(126)87-104(130-91-98-72-54-44-55-73-98)81-63-40-34-30-24-20-16-12-8-4)113(120(135-106)139-105-82-64-47-65-83-105)122-109(124)85-102(128-89-96-68-50-42-51-69-96)79-61-38-36-32-28-26-22-18-14-10-6-2/h41-59,64-77,82-83,101-104,106-107,112-120H,5-40,60-63,78-81,84-94H2,1-4H3,(H,121,123)(H,122,124)/t101-,102-,103-,104-,106-,107-,112-,113-,114-,115-,116-,117-,118?,119-,120-/m1/s1. The van der Waals surface area contributed by atoms with Gasteiger partial charge >= 0.3 is 11.9 Å². The molecule has 0 spiro atoms. The lowest BCUT2D eigenvalue weighted by molar-refractivity contribution is -0.348. The maximum Gasteiger partial charge on any atom is 0.308 e. The molecule has 0 saturated carbocycles. The van der Waals surface area contributed by atoms with Gasteiger partial charge in [0, 0.05) is 10.5 Å². The predicted octanol–water partition coefficient (Wildman–Crippen LogP) is 28.9. The van der Waals surface area contributed by atoms with E-state index in [0.717, 1.165) is 135 Å². The first-order valence-electron chi connectivity index (χ1n) is 54.7. The van der Waals surface area contributed by atoms with Crippen LogP contribution in [0.3, 0.4) is 0 Å². The third-order valence-electron chi connectivity index (χ3n) is 27.4. The number of carbonyl (C=O) groups is 4. The van der Waals surface area contributed by atoms with Crippen molar-refractivity contribution in [1.29, 1.82) is 0 Å². The summed E-state index contributed by atoms with van der Waals surface area (Å²) in [5.41, 5.74) is 4.57. The van der Waals surface area contributed by atoms with Gasteiger partial charge in [0.15, 0.2) is 24.8 Å². The van der Waals surface area contributed by atoms with E-state index in [0.29, 0.717) is 52.1 Å². The van der Waals surface area contributed by atoms with Crippen LogP contribution in [-0.2, 0) is 109 Å². The molecule has 766 valence electrons. The second-order valence-electron chi connectivity index (χ2n) is 39.3. The van der Waals surface area contributed by atoms with Crippen LogP contribution in [0, 0.1) is 0 Å².